The van der Waals surface area contributed by atoms with Gasteiger partial charge in [0.05, 0.1) is 5.92 Å². The molecule has 1 aliphatic rings. The molecule has 1 aliphatic heterocycles. The van der Waals surface area contributed by atoms with Crippen LogP contribution < -0.4 is 0 Å². The minimum absolute atomic E-state index is 0.0556. The third-order valence-corrected chi connectivity index (χ3v) is 3.45. The Hall–Kier alpha value is -1.84. The van der Waals surface area contributed by atoms with Gasteiger partial charge in [0, 0.05) is 18.7 Å². The number of aryl methyl sites for hydroxylation is 2. The molecule has 1 amide bonds. The van der Waals surface area contributed by atoms with Crippen LogP contribution in [-0.2, 0) is 4.79 Å². The molecular weight excluding hydrogens is 230 g/mol. The van der Waals surface area contributed by atoms with E-state index in [1.165, 1.54) is 0 Å². The number of rotatable bonds is 2. The van der Waals surface area contributed by atoms with E-state index in [9.17, 15) is 9.59 Å². The number of carboxylic acids is 1. The molecule has 4 nitrogen and oxygen atoms in total. The number of hydrogen-bond donors (Lipinski definition) is 1. The van der Waals surface area contributed by atoms with Gasteiger partial charge in [-0.1, -0.05) is 17.7 Å². The zero-order valence-corrected chi connectivity index (χ0v) is 10.6. The molecule has 1 aromatic carbocycles. The summed E-state index contributed by atoms with van der Waals surface area (Å²) in [5, 5.41) is 8.94. The molecule has 96 valence electrons. The Bertz CT molecular complexity index is 496. The van der Waals surface area contributed by atoms with E-state index in [0.717, 1.165) is 11.1 Å². The molecule has 0 bridgehead atoms. The highest BCUT2D eigenvalue weighted by Gasteiger charge is 2.31. The average molecular weight is 247 g/mol. The predicted molar refractivity (Wildman–Crippen MR) is 67.6 cm³/mol. The largest absolute Gasteiger partial charge is 0.481 e. The van der Waals surface area contributed by atoms with Crippen LogP contribution in [0.15, 0.2) is 18.2 Å². The van der Waals surface area contributed by atoms with Crippen molar-refractivity contribution in [1.82, 2.24) is 4.90 Å². The van der Waals surface area contributed by atoms with Crippen molar-refractivity contribution in [3.63, 3.8) is 0 Å². The quantitative estimate of drug-likeness (QED) is 0.867. The molecule has 2 rings (SSSR count). The molecule has 1 aromatic rings. The highest BCUT2D eigenvalue weighted by atomic mass is 16.4. The minimum atomic E-state index is -0.814. The fourth-order valence-corrected chi connectivity index (χ4v) is 2.28. The molecule has 0 aromatic heterocycles. The van der Waals surface area contributed by atoms with Crippen molar-refractivity contribution in [2.24, 2.45) is 5.92 Å². The van der Waals surface area contributed by atoms with E-state index < -0.39 is 11.9 Å². The molecule has 0 spiro atoms. The van der Waals surface area contributed by atoms with Crippen molar-refractivity contribution >= 4 is 11.9 Å². The summed E-state index contributed by atoms with van der Waals surface area (Å²) in [5.74, 6) is -1.29. The third-order valence-electron chi connectivity index (χ3n) is 3.45. The van der Waals surface area contributed by atoms with E-state index in [1.807, 2.05) is 32.0 Å². The Morgan fingerprint density at radius 1 is 1.33 bits per heavy atom. The lowest BCUT2D eigenvalue weighted by Crippen LogP contribution is -2.30. The van der Waals surface area contributed by atoms with Gasteiger partial charge in [-0.15, -0.1) is 0 Å². The molecule has 1 fully saturated rings. The SMILES string of the molecule is Cc1ccc(C)c(C(=O)N2CC[C@@H](C(=O)O)C2)c1. The molecular formula is C14H17NO3. The van der Waals surface area contributed by atoms with E-state index in [4.69, 9.17) is 5.11 Å². The maximum Gasteiger partial charge on any atom is 0.308 e. The summed E-state index contributed by atoms with van der Waals surface area (Å²) in [6.45, 7) is 4.70. The van der Waals surface area contributed by atoms with E-state index >= 15 is 0 Å². The first kappa shape index (κ1) is 12.6. The van der Waals surface area contributed by atoms with Crippen LogP contribution in [0.5, 0.6) is 0 Å². The number of carbonyl (C=O) groups excluding carboxylic acids is 1. The van der Waals surface area contributed by atoms with Crippen molar-refractivity contribution in [2.75, 3.05) is 13.1 Å². The van der Waals surface area contributed by atoms with E-state index in [1.54, 1.807) is 4.90 Å². The van der Waals surface area contributed by atoms with Gasteiger partial charge in [-0.3, -0.25) is 9.59 Å². The van der Waals surface area contributed by atoms with Gasteiger partial charge in [0.1, 0.15) is 0 Å². The van der Waals surface area contributed by atoms with E-state index in [-0.39, 0.29) is 5.91 Å². The molecule has 1 saturated heterocycles. The monoisotopic (exact) mass is 247 g/mol. The zero-order valence-electron chi connectivity index (χ0n) is 10.6. The van der Waals surface area contributed by atoms with Gasteiger partial charge in [0.25, 0.3) is 5.91 Å². The predicted octanol–water partition coefficient (Wildman–Crippen LogP) is 1.85. The Morgan fingerprint density at radius 3 is 2.67 bits per heavy atom. The molecule has 0 saturated carbocycles. The van der Waals surface area contributed by atoms with Gasteiger partial charge >= 0.3 is 5.97 Å². The number of hydrogen-bond acceptors (Lipinski definition) is 2. The highest BCUT2D eigenvalue weighted by molar-refractivity contribution is 5.96. The second kappa shape index (κ2) is 4.80. The molecule has 4 heteroatoms. The Morgan fingerprint density at radius 2 is 2.06 bits per heavy atom. The van der Waals surface area contributed by atoms with Crippen LogP contribution in [0.3, 0.4) is 0 Å². The topological polar surface area (TPSA) is 57.6 Å². The van der Waals surface area contributed by atoms with Gasteiger partial charge in [-0.05, 0) is 31.9 Å². The summed E-state index contributed by atoms with van der Waals surface area (Å²) < 4.78 is 0. The fraction of sp³-hybridized carbons (Fsp3) is 0.429. The zero-order chi connectivity index (χ0) is 13.3. The van der Waals surface area contributed by atoms with Gasteiger partial charge in [-0.2, -0.15) is 0 Å². The summed E-state index contributed by atoms with van der Waals surface area (Å²) in [5.41, 5.74) is 2.66. The van der Waals surface area contributed by atoms with E-state index in [0.29, 0.717) is 25.1 Å². The maximum atomic E-state index is 12.3. The highest BCUT2D eigenvalue weighted by Crippen LogP contribution is 2.21. The van der Waals surface area contributed by atoms with Gasteiger partial charge in [0.2, 0.25) is 0 Å². The smallest absolute Gasteiger partial charge is 0.308 e. The van der Waals surface area contributed by atoms with Gasteiger partial charge < -0.3 is 10.0 Å². The second-order valence-corrected chi connectivity index (χ2v) is 4.89. The lowest BCUT2D eigenvalue weighted by molar-refractivity contribution is -0.141. The molecule has 0 unspecified atom stereocenters. The third kappa shape index (κ3) is 2.37. The minimum Gasteiger partial charge on any atom is -0.481 e. The number of aliphatic carboxylic acids is 1. The van der Waals surface area contributed by atoms with Crippen molar-refractivity contribution in [3.8, 4) is 0 Å². The first-order valence-corrected chi connectivity index (χ1v) is 6.08. The van der Waals surface area contributed by atoms with Crippen molar-refractivity contribution < 1.29 is 14.7 Å². The van der Waals surface area contributed by atoms with Gasteiger partial charge in [-0.25, -0.2) is 0 Å². The molecule has 1 heterocycles. The standard InChI is InChI=1S/C14H17NO3/c1-9-3-4-10(2)12(7-9)13(16)15-6-5-11(8-15)14(17)18/h3-4,7,11H,5-6,8H2,1-2H3,(H,17,18)/t11-/m1/s1. The summed E-state index contributed by atoms with van der Waals surface area (Å²) >= 11 is 0. The molecule has 1 atom stereocenters. The second-order valence-electron chi connectivity index (χ2n) is 4.89. The Kier molecular flexibility index (Phi) is 3.36. The average Bonchev–Trinajstić information content (AvgIpc) is 2.81. The molecule has 18 heavy (non-hydrogen) atoms. The number of amides is 1. The van der Waals surface area contributed by atoms with Crippen LogP contribution >= 0.6 is 0 Å². The first-order valence-electron chi connectivity index (χ1n) is 6.08. The lowest BCUT2D eigenvalue weighted by atomic mass is 10.0. The van der Waals surface area contributed by atoms with Gasteiger partial charge in [0.15, 0.2) is 0 Å². The summed E-state index contributed by atoms with van der Waals surface area (Å²) in [7, 11) is 0. The van der Waals surface area contributed by atoms with Crippen LogP contribution in [-0.4, -0.2) is 35.0 Å². The van der Waals surface area contributed by atoms with Crippen LogP contribution in [0.2, 0.25) is 0 Å². The summed E-state index contributed by atoms with van der Waals surface area (Å²) in [6.07, 6.45) is 0.548. The number of carbonyl (C=O) groups is 2. The number of carboxylic acid groups (broad SMARTS) is 1. The number of likely N-dealkylation sites (tertiary alicyclic amines) is 1. The molecule has 0 aliphatic carbocycles. The summed E-state index contributed by atoms with van der Waals surface area (Å²) in [4.78, 5) is 24.8. The first-order chi connectivity index (χ1) is 8.49. The van der Waals surface area contributed by atoms with Crippen LogP contribution in [0.25, 0.3) is 0 Å². The Balaban J connectivity index is 2.17. The lowest BCUT2D eigenvalue weighted by Gasteiger charge is -2.17. The fourth-order valence-electron chi connectivity index (χ4n) is 2.28. The number of benzene rings is 1. The summed E-state index contributed by atoms with van der Waals surface area (Å²) in [6, 6.07) is 5.76. The van der Waals surface area contributed by atoms with Crippen LogP contribution in [0, 0.1) is 19.8 Å². The molecule has 1 N–H and O–H groups in total. The van der Waals surface area contributed by atoms with Crippen molar-refractivity contribution in [3.05, 3.63) is 34.9 Å². The van der Waals surface area contributed by atoms with Crippen LogP contribution in [0.4, 0.5) is 0 Å². The van der Waals surface area contributed by atoms with Crippen LogP contribution in [0.1, 0.15) is 27.9 Å². The molecule has 0 radical (unpaired) electrons. The van der Waals surface area contributed by atoms with Crippen molar-refractivity contribution in [2.45, 2.75) is 20.3 Å². The van der Waals surface area contributed by atoms with Crippen molar-refractivity contribution in [1.29, 1.82) is 0 Å². The Labute approximate surface area is 106 Å². The maximum absolute atomic E-state index is 12.3. The van der Waals surface area contributed by atoms with E-state index in [2.05, 4.69) is 0 Å². The normalized spacial score (nSPS) is 19.0. The number of nitrogens with zero attached hydrogens (tertiary/aromatic N) is 1.